The first kappa shape index (κ1) is 13.2. The van der Waals surface area contributed by atoms with Crippen molar-refractivity contribution in [3.63, 3.8) is 0 Å². The predicted octanol–water partition coefficient (Wildman–Crippen LogP) is 4.48. The normalized spacial score (nSPS) is 27.4. The summed E-state index contributed by atoms with van der Waals surface area (Å²) in [6, 6.07) is 9.54. The lowest BCUT2D eigenvalue weighted by Gasteiger charge is -2.45. The Kier molecular flexibility index (Phi) is 3.21. The number of benzene rings is 1. The fraction of sp³-hybridized carbons (Fsp3) is 0.667. The molecular weight excluding hydrogens is 230 g/mol. The van der Waals surface area contributed by atoms with E-state index in [-0.39, 0.29) is 0 Å². The van der Waals surface area contributed by atoms with Crippen molar-refractivity contribution < 1.29 is 0 Å². The van der Waals surface area contributed by atoms with Gasteiger partial charge in [-0.25, -0.2) is 0 Å². The van der Waals surface area contributed by atoms with Crippen LogP contribution < -0.4 is 5.32 Å². The van der Waals surface area contributed by atoms with Gasteiger partial charge in [0.1, 0.15) is 0 Å². The smallest absolute Gasteiger partial charge is 0.0374 e. The standard InChI is InChI=1S/C18H27N/c1-17(2)12-9-14-7-4-5-8-15(14)16(17)19-13-18(3)10-6-11-18/h4-5,7-8,16,19H,6,9-13H2,1-3H3. The molecule has 104 valence electrons. The number of fused-ring (bicyclic) bond motifs is 1. The van der Waals surface area contributed by atoms with E-state index in [4.69, 9.17) is 0 Å². The van der Waals surface area contributed by atoms with Crippen molar-refractivity contribution in [1.29, 1.82) is 0 Å². The summed E-state index contributed by atoms with van der Waals surface area (Å²) in [5, 5.41) is 3.91. The van der Waals surface area contributed by atoms with Gasteiger partial charge in [0.05, 0.1) is 0 Å². The zero-order chi connectivity index (χ0) is 13.5. The van der Waals surface area contributed by atoms with Gasteiger partial charge in [-0.15, -0.1) is 0 Å². The van der Waals surface area contributed by atoms with Crippen LogP contribution in [0.15, 0.2) is 24.3 Å². The topological polar surface area (TPSA) is 12.0 Å². The van der Waals surface area contributed by atoms with Crippen LogP contribution in [0.25, 0.3) is 0 Å². The second kappa shape index (κ2) is 4.63. The molecule has 1 heteroatoms. The second-order valence-corrected chi connectivity index (χ2v) is 7.67. The predicted molar refractivity (Wildman–Crippen MR) is 81.2 cm³/mol. The van der Waals surface area contributed by atoms with Crippen LogP contribution in [-0.4, -0.2) is 6.54 Å². The van der Waals surface area contributed by atoms with Crippen LogP contribution in [0.5, 0.6) is 0 Å². The zero-order valence-electron chi connectivity index (χ0n) is 12.6. The highest BCUT2D eigenvalue weighted by Gasteiger charge is 2.38. The Hall–Kier alpha value is -0.820. The maximum absolute atomic E-state index is 3.91. The lowest BCUT2D eigenvalue weighted by Crippen LogP contribution is -2.44. The zero-order valence-corrected chi connectivity index (χ0v) is 12.6. The van der Waals surface area contributed by atoms with E-state index in [2.05, 4.69) is 50.4 Å². The van der Waals surface area contributed by atoms with Gasteiger partial charge in [-0.05, 0) is 47.6 Å². The van der Waals surface area contributed by atoms with Crippen LogP contribution >= 0.6 is 0 Å². The Morgan fingerprint density at radius 3 is 2.53 bits per heavy atom. The van der Waals surface area contributed by atoms with Gasteiger partial charge in [-0.1, -0.05) is 51.5 Å². The molecule has 1 aromatic carbocycles. The molecule has 1 aromatic rings. The molecule has 1 fully saturated rings. The number of rotatable bonds is 3. The van der Waals surface area contributed by atoms with Gasteiger partial charge in [0.2, 0.25) is 0 Å². The van der Waals surface area contributed by atoms with Crippen molar-refractivity contribution in [3.8, 4) is 0 Å². The third-order valence-electron chi connectivity index (χ3n) is 5.48. The average Bonchev–Trinajstić information content (AvgIpc) is 2.35. The summed E-state index contributed by atoms with van der Waals surface area (Å²) < 4.78 is 0. The SMILES string of the molecule is CC1(CNC2c3ccccc3CCC2(C)C)CCC1. The molecule has 1 atom stereocenters. The Morgan fingerprint density at radius 1 is 1.11 bits per heavy atom. The third kappa shape index (κ3) is 2.45. The largest absolute Gasteiger partial charge is 0.309 e. The van der Waals surface area contributed by atoms with Crippen LogP contribution in [0, 0.1) is 10.8 Å². The molecule has 0 saturated heterocycles. The first-order chi connectivity index (χ1) is 9.00. The van der Waals surface area contributed by atoms with Gasteiger partial charge >= 0.3 is 0 Å². The molecule has 0 aromatic heterocycles. The number of hydrogen-bond donors (Lipinski definition) is 1. The summed E-state index contributed by atoms with van der Waals surface area (Å²) in [6.45, 7) is 8.45. The number of nitrogens with one attached hydrogen (secondary N) is 1. The molecule has 0 bridgehead atoms. The first-order valence-corrected chi connectivity index (χ1v) is 7.81. The molecule has 0 radical (unpaired) electrons. The maximum atomic E-state index is 3.91. The first-order valence-electron chi connectivity index (χ1n) is 7.81. The van der Waals surface area contributed by atoms with E-state index in [1.807, 2.05) is 0 Å². The molecule has 1 saturated carbocycles. The van der Waals surface area contributed by atoms with Gasteiger partial charge < -0.3 is 5.32 Å². The molecule has 2 aliphatic carbocycles. The van der Waals surface area contributed by atoms with Gasteiger partial charge in [0.15, 0.2) is 0 Å². The van der Waals surface area contributed by atoms with Crippen LogP contribution in [-0.2, 0) is 6.42 Å². The van der Waals surface area contributed by atoms with Gasteiger partial charge in [-0.3, -0.25) is 0 Å². The molecule has 1 N–H and O–H groups in total. The molecule has 0 spiro atoms. The van der Waals surface area contributed by atoms with Crippen LogP contribution in [0.1, 0.15) is 63.6 Å². The fourth-order valence-corrected chi connectivity index (χ4v) is 3.76. The Labute approximate surface area is 117 Å². The van der Waals surface area contributed by atoms with E-state index in [9.17, 15) is 0 Å². The van der Waals surface area contributed by atoms with Crippen LogP contribution in [0.4, 0.5) is 0 Å². The Balaban J connectivity index is 1.80. The van der Waals surface area contributed by atoms with E-state index in [1.165, 1.54) is 38.6 Å². The van der Waals surface area contributed by atoms with E-state index in [0.717, 1.165) is 0 Å². The monoisotopic (exact) mass is 257 g/mol. The summed E-state index contributed by atoms with van der Waals surface area (Å²) in [7, 11) is 0. The average molecular weight is 257 g/mol. The van der Waals surface area contributed by atoms with Crippen molar-refractivity contribution in [2.75, 3.05) is 6.54 Å². The van der Waals surface area contributed by atoms with Crippen LogP contribution in [0.2, 0.25) is 0 Å². The summed E-state index contributed by atoms with van der Waals surface area (Å²) in [6.07, 6.45) is 6.74. The second-order valence-electron chi connectivity index (χ2n) is 7.67. The van der Waals surface area contributed by atoms with Gasteiger partial charge in [0.25, 0.3) is 0 Å². The summed E-state index contributed by atoms with van der Waals surface area (Å²) in [5.41, 5.74) is 4.02. The molecule has 3 rings (SSSR count). The summed E-state index contributed by atoms with van der Waals surface area (Å²) in [4.78, 5) is 0. The third-order valence-corrected chi connectivity index (χ3v) is 5.48. The lowest BCUT2D eigenvalue weighted by atomic mass is 9.68. The van der Waals surface area contributed by atoms with Crippen molar-refractivity contribution in [3.05, 3.63) is 35.4 Å². The molecule has 1 unspecified atom stereocenters. The van der Waals surface area contributed by atoms with Crippen molar-refractivity contribution in [2.24, 2.45) is 10.8 Å². The van der Waals surface area contributed by atoms with E-state index < -0.39 is 0 Å². The molecule has 0 heterocycles. The maximum Gasteiger partial charge on any atom is 0.0374 e. The van der Waals surface area contributed by atoms with Crippen molar-refractivity contribution in [2.45, 2.75) is 58.9 Å². The minimum atomic E-state index is 0.370. The molecular formula is C18H27N. The molecule has 19 heavy (non-hydrogen) atoms. The van der Waals surface area contributed by atoms with E-state index in [0.29, 0.717) is 16.9 Å². The molecule has 1 nitrogen and oxygen atoms in total. The molecule has 0 amide bonds. The quantitative estimate of drug-likeness (QED) is 0.842. The highest BCUT2D eigenvalue weighted by Crippen LogP contribution is 2.45. The highest BCUT2D eigenvalue weighted by atomic mass is 14.9. The highest BCUT2D eigenvalue weighted by molar-refractivity contribution is 5.34. The van der Waals surface area contributed by atoms with Crippen molar-refractivity contribution >= 4 is 0 Å². The van der Waals surface area contributed by atoms with E-state index in [1.54, 1.807) is 11.1 Å². The van der Waals surface area contributed by atoms with Crippen molar-refractivity contribution in [1.82, 2.24) is 5.32 Å². The van der Waals surface area contributed by atoms with Gasteiger partial charge in [0, 0.05) is 12.6 Å². The van der Waals surface area contributed by atoms with E-state index >= 15 is 0 Å². The fourth-order valence-electron chi connectivity index (χ4n) is 3.76. The van der Waals surface area contributed by atoms with Crippen LogP contribution in [0.3, 0.4) is 0 Å². The number of hydrogen-bond acceptors (Lipinski definition) is 1. The minimum absolute atomic E-state index is 0.370. The Morgan fingerprint density at radius 2 is 1.84 bits per heavy atom. The van der Waals surface area contributed by atoms with Gasteiger partial charge in [-0.2, -0.15) is 0 Å². The lowest BCUT2D eigenvalue weighted by molar-refractivity contribution is 0.123. The number of aryl methyl sites for hydroxylation is 1. The minimum Gasteiger partial charge on any atom is -0.309 e. The Bertz CT molecular complexity index is 457. The summed E-state index contributed by atoms with van der Waals surface area (Å²) >= 11 is 0. The molecule has 2 aliphatic rings. The summed E-state index contributed by atoms with van der Waals surface area (Å²) in [5.74, 6) is 0. The molecule has 0 aliphatic heterocycles.